The van der Waals surface area contributed by atoms with Crippen LogP contribution in [-0.4, -0.2) is 22.8 Å². The van der Waals surface area contributed by atoms with E-state index in [0.29, 0.717) is 5.76 Å². The molecule has 1 atom stereocenters. The summed E-state index contributed by atoms with van der Waals surface area (Å²) in [4.78, 5) is 18.0. The van der Waals surface area contributed by atoms with E-state index in [1.165, 1.54) is 0 Å². The number of rotatable bonds is 4. The molecule has 0 aliphatic rings. The van der Waals surface area contributed by atoms with Gasteiger partial charge in [-0.25, -0.2) is 0 Å². The number of carbonyl (C=O) groups is 1. The van der Waals surface area contributed by atoms with Gasteiger partial charge in [-0.1, -0.05) is 6.92 Å². The lowest BCUT2D eigenvalue weighted by atomic mass is 10.1. The molecule has 0 fully saturated rings. The zero-order valence-electron chi connectivity index (χ0n) is 11.5. The van der Waals surface area contributed by atoms with E-state index >= 15 is 0 Å². The molecule has 0 aliphatic carbocycles. The van der Waals surface area contributed by atoms with Crippen molar-refractivity contribution in [3.63, 3.8) is 0 Å². The summed E-state index contributed by atoms with van der Waals surface area (Å²) in [5.41, 5.74) is 1.05. The molecule has 4 heteroatoms. The molecule has 19 heavy (non-hydrogen) atoms. The SMILES string of the molecule is CCc1ccc(C(=O)N(C)C(C)c2ccncc2)o1. The Morgan fingerprint density at radius 2 is 2.00 bits per heavy atom. The first-order valence-corrected chi connectivity index (χ1v) is 6.39. The number of carbonyl (C=O) groups excluding carboxylic acids is 1. The fourth-order valence-electron chi connectivity index (χ4n) is 1.90. The maximum atomic E-state index is 12.3. The van der Waals surface area contributed by atoms with Crippen LogP contribution in [0.25, 0.3) is 0 Å². The van der Waals surface area contributed by atoms with Crippen LogP contribution in [0.15, 0.2) is 41.1 Å². The van der Waals surface area contributed by atoms with E-state index in [4.69, 9.17) is 4.42 Å². The summed E-state index contributed by atoms with van der Waals surface area (Å²) < 4.78 is 5.50. The van der Waals surface area contributed by atoms with Gasteiger partial charge in [-0.15, -0.1) is 0 Å². The van der Waals surface area contributed by atoms with Gasteiger partial charge in [0.05, 0.1) is 6.04 Å². The molecule has 2 rings (SSSR count). The van der Waals surface area contributed by atoms with Crippen LogP contribution in [-0.2, 0) is 6.42 Å². The van der Waals surface area contributed by atoms with Crippen LogP contribution in [0.3, 0.4) is 0 Å². The molecule has 0 bridgehead atoms. The van der Waals surface area contributed by atoms with Crippen molar-refractivity contribution < 1.29 is 9.21 Å². The number of hydrogen-bond donors (Lipinski definition) is 0. The van der Waals surface area contributed by atoms with Crippen molar-refractivity contribution in [2.45, 2.75) is 26.3 Å². The van der Waals surface area contributed by atoms with Crippen molar-refractivity contribution in [2.24, 2.45) is 0 Å². The fraction of sp³-hybridized carbons (Fsp3) is 0.333. The molecule has 2 aromatic heterocycles. The normalized spacial score (nSPS) is 12.2. The Hall–Kier alpha value is -2.10. The number of aromatic nitrogens is 1. The van der Waals surface area contributed by atoms with Crippen LogP contribution in [0.2, 0.25) is 0 Å². The molecule has 0 saturated heterocycles. The van der Waals surface area contributed by atoms with Gasteiger partial charge in [0.1, 0.15) is 5.76 Å². The van der Waals surface area contributed by atoms with Crippen molar-refractivity contribution in [1.82, 2.24) is 9.88 Å². The highest BCUT2D eigenvalue weighted by atomic mass is 16.4. The largest absolute Gasteiger partial charge is 0.456 e. The lowest BCUT2D eigenvalue weighted by Gasteiger charge is -2.24. The van der Waals surface area contributed by atoms with Crippen molar-refractivity contribution in [3.05, 3.63) is 53.7 Å². The van der Waals surface area contributed by atoms with Crippen LogP contribution in [0.1, 0.15) is 41.8 Å². The highest BCUT2D eigenvalue weighted by molar-refractivity contribution is 5.91. The predicted molar refractivity (Wildman–Crippen MR) is 72.8 cm³/mol. The zero-order chi connectivity index (χ0) is 13.8. The van der Waals surface area contributed by atoms with E-state index in [1.54, 1.807) is 30.4 Å². The summed E-state index contributed by atoms with van der Waals surface area (Å²) in [6.07, 6.45) is 4.25. The van der Waals surface area contributed by atoms with Crippen molar-refractivity contribution >= 4 is 5.91 Å². The molecule has 1 unspecified atom stereocenters. The molecule has 1 amide bonds. The van der Waals surface area contributed by atoms with Gasteiger partial charge in [0.2, 0.25) is 0 Å². The molecule has 4 nitrogen and oxygen atoms in total. The maximum absolute atomic E-state index is 12.3. The molecular formula is C15H18N2O2. The third-order valence-corrected chi connectivity index (χ3v) is 3.31. The zero-order valence-corrected chi connectivity index (χ0v) is 11.5. The number of nitrogens with zero attached hydrogens (tertiary/aromatic N) is 2. The predicted octanol–water partition coefficient (Wildman–Crippen LogP) is 3.07. The quantitative estimate of drug-likeness (QED) is 0.846. The van der Waals surface area contributed by atoms with Gasteiger partial charge < -0.3 is 9.32 Å². The van der Waals surface area contributed by atoms with Crippen molar-refractivity contribution in [1.29, 1.82) is 0 Å². The molecule has 0 aliphatic heterocycles. The second kappa shape index (κ2) is 5.69. The summed E-state index contributed by atoms with van der Waals surface area (Å²) in [6, 6.07) is 7.38. The summed E-state index contributed by atoms with van der Waals surface area (Å²) in [5.74, 6) is 1.11. The summed E-state index contributed by atoms with van der Waals surface area (Å²) in [6.45, 7) is 3.98. The highest BCUT2D eigenvalue weighted by Gasteiger charge is 2.21. The van der Waals surface area contributed by atoms with E-state index in [-0.39, 0.29) is 11.9 Å². The molecule has 2 aromatic rings. The van der Waals surface area contributed by atoms with Gasteiger partial charge in [-0.05, 0) is 36.8 Å². The Kier molecular flexibility index (Phi) is 4.00. The first kappa shape index (κ1) is 13.3. The molecule has 0 spiro atoms. The Bertz CT molecular complexity index is 548. The standard InChI is InChI=1S/C15H18N2O2/c1-4-13-5-6-14(19-13)15(18)17(3)11(2)12-7-9-16-10-8-12/h5-11H,4H2,1-3H3. The Morgan fingerprint density at radius 1 is 1.32 bits per heavy atom. The maximum Gasteiger partial charge on any atom is 0.289 e. The summed E-state index contributed by atoms with van der Waals surface area (Å²) >= 11 is 0. The second-order valence-electron chi connectivity index (χ2n) is 4.49. The van der Waals surface area contributed by atoms with Gasteiger partial charge in [-0.3, -0.25) is 9.78 Å². The van der Waals surface area contributed by atoms with E-state index in [1.807, 2.05) is 32.0 Å². The smallest absolute Gasteiger partial charge is 0.289 e. The number of pyridine rings is 1. The molecular weight excluding hydrogens is 240 g/mol. The third kappa shape index (κ3) is 2.84. The molecule has 0 radical (unpaired) electrons. The van der Waals surface area contributed by atoms with Crippen LogP contribution in [0, 0.1) is 0 Å². The van der Waals surface area contributed by atoms with Gasteiger partial charge in [-0.2, -0.15) is 0 Å². The molecule has 100 valence electrons. The highest BCUT2D eigenvalue weighted by Crippen LogP contribution is 2.20. The topological polar surface area (TPSA) is 46.3 Å². The van der Waals surface area contributed by atoms with Crippen LogP contribution < -0.4 is 0 Å². The minimum absolute atomic E-state index is 0.0225. The Labute approximate surface area is 113 Å². The first-order chi connectivity index (χ1) is 9.13. The number of amides is 1. The monoisotopic (exact) mass is 258 g/mol. The van der Waals surface area contributed by atoms with Crippen LogP contribution >= 0.6 is 0 Å². The lowest BCUT2D eigenvalue weighted by molar-refractivity contribution is 0.0708. The lowest BCUT2D eigenvalue weighted by Crippen LogP contribution is -2.29. The van der Waals surface area contributed by atoms with E-state index in [0.717, 1.165) is 17.7 Å². The molecule has 0 aromatic carbocycles. The third-order valence-electron chi connectivity index (χ3n) is 3.31. The second-order valence-corrected chi connectivity index (χ2v) is 4.49. The first-order valence-electron chi connectivity index (χ1n) is 6.39. The van der Waals surface area contributed by atoms with Gasteiger partial charge in [0.15, 0.2) is 5.76 Å². The van der Waals surface area contributed by atoms with E-state index in [9.17, 15) is 4.79 Å². The Balaban J connectivity index is 2.15. The van der Waals surface area contributed by atoms with Crippen LogP contribution in [0.4, 0.5) is 0 Å². The average molecular weight is 258 g/mol. The minimum atomic E-state index is -0.107. The van der Waals surface area contributed by atoms with Gasteiger partial charge in [0, 0.05) is 25.9 Å². The van der Waals surface area contributed by atoms with E-state index < -0.39 is 0 Å². The molecule has 0 N–H and O–H groups in total. The average Bonchev–Trinajstić information content (AvgIpc) is 2.94. The van der Waals surface area contributed by atoms with Gasteiger partial charge in [0.25, 0.3) is 5.91 Å². The van der Waals surface area contributed by atoms with E-state index in [2.05, 4.69) is 4.98 Å². The van der Waals surface area contributed by atoms with Crippen LogP contribution in [0.5, 0.6) is 0 Å². The summed E-state index contributed by atoms with van der Waals surface area (Å²) in [7, 11) is 1.78. The number of aryl methyl sites for hydroxylation is 1. The molecule has 0 saturated carbocycles. The summed E-state index contributed by atoms with van der Waals surface area (Å²) in [5, 5.41) is 0. The fourth-order valence-corrected chi connectivity index (χ4v) is 1.90. The minimum Gasteiger partial charge on any atom is -0.456 e. The Morgan fingerprint density at radius 3 is 2.58 bits per heavy atom. The van der Waals surface area contributed by atoms with Crippen molar-refractivity contribution in [3.8, 4) is 0 Å². The number of hydrogen-bond acceptors (Lipinski definition) is 3. The molecule has 2 heterocycles. The van der Waals surface area contributed by atoms with Gasteiger partial charge >= 0.3 is 0 Å². The number of furan rings is 1. The van der Waals surface area contributed by atoms with Crippen molar-refractivity contribution in [2.75, 3.05) is 7.05 Å².